The Morgan fingerprint density at radius 1 is 1.32 bits per heavy atom. The van der Waals surface area contributed by atoms with Crippen LogP contribution in [0.15, 0.2) is 12.7 Å². The van der Waals surface area contributed by atoms with Crippen LogP contribution < -0.4 is 0 Å². The highest BCUT2D eigenvalue weighted by Gasteiger charge is 2.57. The molecule has 2 rings (SSSR count). The Labute approximate surface area is 129 Å². The highest BCUT2D eigenvalue weighted by Crippen LogP contribution is 2.39. The summed E-state index contributed by atoms with van der Waals surface area (Å²) in [4.78, 5) is 23.7. The van der Waals surface area contributed by atoms with E-state index in [9.17, 15) is 9.59 Å². The third-order valence-electron chi connectivity index (χ3n) is 3.34. The molecule has 0 unspecified atom stereocenters. The van der Waals surface area contributed by atoms with Crippen LogP contribution in [0.5, 0.6) is 0 Å². The van der Waals surface area contributed by atoms with E-state index in [1.165, 1.54) is 0 Å². The summed E-state index contributed by atoms with van der Waals surface area (Å²) in [5.74, 6) is -1.80. The average Bonchev–Trinajstić information content (AvgIpc) is 2.88. The smallest absolute Gasteiger partial charge is 0.313 e. The van der Waals surface area contributed by atoms with Crippen LogP contribution in [0.25, 0.3) is 0 Å². The van der Waals surface area contributed by atoms with Crippen molar-refractivity contribution in [1.29, 1.82) is 0 Å². The summed E-state index contributed by atoms with van der Waals surface area (Å²) in [5, 5.41) is 0. The van der Waals surface area contributed by atoms with Gasteiger partial charge in [-0.25, -0.2) is 0 Å². The minimum Gasteiger partial charge on any atom is -0.466 e. The molecule has 0 aromatic carbocycles. The molecule has 0 spiro atoms. The second-order valence-electron chi connectivity index (χ2n) is 5.56. The molecule has 2 fully saturated rings. The molecule has 0 aromatic rings. The number of esters is 1. The zero-order valence-corrected chi connectivity index (χ0v) is 13.1. The van der Waals surface area contributed by atoms with Crippen molar-refractivity contribution in [3.05, 3.63) is 12.7 Å². The van der Waals surface area contributed by atoms with Crippen LogP contribution in [0.3, 0.4) is 0 Å². The molecule has 7 nitrogen and oxygen atoms in total. The summed E-state index contributed by atoms with van der Waals surface area (Å²) in [6.45, 7) is 9.24. The molecule has 7 heteroatoms. The number of hydrogen-bond acceptors (Lipinski definition) is 7. The van der Waals surface area contributed by atoms with Crippen LogP contribution in [-0.2, 0) is 33.3 Å². The molecular formula is C15H22O7. The molecule has 2 aliphatic heterocycles. The first kappa shape index (κ1) is 17.1. The first-order chi connectivity index (χ1) is 10.4. The van der Waals surface area contributed by atoms with E-state index in [-0.39, 0.29) is 19.6 Å². The number of rotatable bonds is 7. The Kier molecular flexibility index (Phi) is 5.33. The first-order valence-corrected chi connectivity index (χ1v) is 7.30. The molecular weight excluding hydrogens is 292 g/mol. The molecule has 0 radical (unpaired) electrons. The molecule has 0 aliphatic carbocycles. The minimum atomic E-state index is -0.921. The molecule has 0 saturated carbocycles. The first-order valence-electron chi connectivity index (χ1n) is 7.30. The predicted octanol–water partition coefficient (Wildman–Crippen LogP) is 0.956. The van der Waals surface area contributed by atoms with E-state index in [4.69, 9.17) is 23.7 Å². The highest BCUT2D eigenvalue weighted by molar-refractivity contribution is 5.98. The number of carbonyl (C=O) groups excluding carboxylic acids is 2. The molecule has 22 heavy (non-hydrogen) atoms. The van der Waals surface area contributed by atoms with Gasteiger partial charge < -0.3 is 23.7 Å². The van der Waals surface area contributed by atoms with Gasteiger partial charge in [-0.2, -0.15) is 0 Å². The van der Waals surface area contributed by atoms with Gasteiger partial charge in [0.15, 0.2) is 17.9 Å². The summed E-state index contributed by atoms with van der Waals surface area (Å²) in [5.41, 5.74) is 0. The number of ketones is 1. The molecule has 0 bridgehead atoms. The molecule has 4 atom stereocenters. The maximum atomic E-state index is 12.3. The third kappa shape index (κ3) is 3.73. The number of carbonyl (C=O) groups is 2. The van der Waals surface area contributed by atoms with Crippen LogP contribution in [-0.4, -0.2) is 55.4 Å². The fraction of sp³-hybridized carbons (Fsp3) is 0.733. The van der Waals surface area contributed by atoms with E-state index >= 15 is 0 Å². The van der Waals surface area contributed by atoms with Crippen molar-refractivity contribution in [3.8, 4) is 0 Å². The Morgan fingerprint density at radius 2 is 2.05 bits per heavy atom. The average molecular weight is 314 g/mol. The van der Waals surface area contributed by atoms with Crippen LogP contribution >= 0.6 is 0 Å². The van der Waals surface area contributed by atoms with Crippen LogP contribution in [0.1, 0.15) is 27.2 Å². The lowest BCUT2D eigenvalue weighted by Crippen LogP contribution is -2.41. The van der Waals surface area contributed by atoms with Crippen molar-refractivity contribution in [2.45, 2.75) is 57.6 Å². The molecule has 0 N–H and O–H groups in total. The summed E-state index contributed by atoms with van der Waals surface area (Å²) in [6.07, 6.45) is -1.58. The van der Waals surface area contributed by atoms with Crippen LogP contribution in [0.2, 0.25) is 0 Å². The number of ether oxygens (including phenoxy) is 5. The van der Waals surface area contributed by atoms with Gasteiger partial charge in [0.1, 0.15) is 24.7 Å². The van der Waals surface area contributed by atoms with Crippen molar-refractivity contribution < 1.29 is 33.3 Å². The number of Topliss-reactive ketones (excluding diaryl/α,β-unsaturated/α-hetero) is 1. The van der Waals surface area contributed by atoms with E-state index in [1.807, 2.05) is 0 Å². The summed E-state index contributed by atoms with van der Waals surface area (Å²) < 4.78 is 27.3. The topological polar surface area (TPSA) is 80.3 Å². The minimum absolute atomic E-state index is 0.222. The zero-order chi connectivity index (χ0) is 16.3. The normalized spacial score (nSPS) is 32.5. The predicted molar refractivity (Wildman–Crippen MR) is 74.9 cm³/mol. The van der Waals surface area contributed by atoms with Gasteiger partial charge in [0, 0.05) is 0 Å². The Balaban J connectivity index is 2.05. The molecule has 0 amide bonds. The molecule has 2 saturated heterocycles. The second kappa shape index (κ2) is 6.87. The Morgan fingerprint density at radius 3 is 2.68 bits per heavy atom. The van der Waals surface area contributed by atoms with Gasteiger partial charge >= 0.3 is 5.97 Å². The largest absolute Gasteiger partial charge is 0.466 e. The monoisotopic (exact) mass is 314 g/mol. The fourth-order valence-electron chi connectivity index (χ4n) is 2.55. The number of fused-ring (bicyclic) bond motifs is 1. The van der Waals surface area contributed by atoms with Crippen LogP contribution in [0.4, 0.5) is 0 Å². The fourth-order valence-corrected chi connectivity index (χ4v) is 2.55. The van der Waals surface area contributed by atoms with Crippen molar-refractivity contribution in [2.75, 3.05) is 13.2 Å². The molecule has 0 aromatic heterocycles. The molecule has 2 heterocycles. The van der Waals surface area contributed by atoms with E-state index in [0.29, 0.717) is 0 Å². The third-order valence-corrected chi connectivity index (χ3v) is 3.34. The summed E-state index contributed by atoms with van der Waals surface area (Å²) >= 11 is 0. The summed E-state index contributed by atoms with van der Waals surface area (Å²) in [6, 6.07) is 0. The lowest BCUT2D eigenvalue weighted by molar-refractivity contribution is -0.217. The van der Waals surface area contributed by atoms with E-state index in [1.54, 1.807) is 26.8 Å². The second-order valence-corrected chi connectivity index (χ2v) is 5.56. The lowest BCUT2D eigenvalue weighted by atomic mass is 10.0. The van der Waals surface area contributed by atoms with Gasteiger partial charge in [0.05, 0.1) is 13.2 Å². The summed E-state index contributed by atoms with van der Waals surface area (Å²) in [7, 11) is 0. The number of hydrogen-bond donors (Lipinski definition) is 0. The maximum Gasteiger partial charge on any atom is 0.313 e. The van der Waals surface area contributed by atoms with E-state index < -0.39 is 42.1 Å². The van der Waals surface area contributed by atoms with Gasteiger partial charge in [0.2, 0.25) is 0 Å². The highest BCUT2D eigenvalue weighted by atomic mass is 16.8. The van der Waals surface area contributed by atoms with Gasteiger partial charge in [-0.05, 0) is 20.8 Å². The van der Waals surface area contributed by atoms with Crippen molar-refractivity contribution in [3.63, 3.8) is 0 Å². The Hall–Kier alpha value is -1.28. The molecule has 2 aliphatic rings. The van der Waals surface area contributed by atoms with Gasteiger partial charge in [-0.1, -0.05) is 6.08 Å². The van der Waals surface area contributed by atoms with E-state index in [0.717, 1.165) is 0 Å². The zero-order valence-electron chi connectivity index (χ0n) is 13.1. The standard InChI is InChI=1S/C15H22O7/c1-5-7-19-12-11(9(16)8-10(17)18-6-2)20-14-13(12)21-15(3,4)22-14/h5,11-14H,1,6-8H2,2-4H3/t11-,12+,13-,14-/m1/s1. The van der Waals surface area contributed by atoms with Gasteiger partial charge in [-0.3, -0.25) is 9.59 Å². The molecule has 124 valence electrons. The van der Waals surface area contributed by atoms with E-state index in [2.05, 4.69) is 6.58 Å². The van der Waals surface area contributed by atoms with Crippen LogP contribution in [0, 0.1) is 0 Å². The van der Waals surface area contributed by atoms with Gasteiger partial charge in [-0.15, -0.1) is 6.58 Å². The van der Waals surface area contributed by atoms with Crippen molar-refractivity contribution in [1.82, 2.24) is 0 Å². The van der Waals surface area contributed by atoms with Crippen molar-refractivity contribution >= 4 is 11.8 Å². The SMILES string of the molecule is C=CCO[C@@H]1[C@H]2OC(C)(C)O[C@H]2O[C@@H]1C(=O)CC(=O)OCC. The van der Waals surface area contributed by atoms with Gasteiger partial charge in [0.25, 0.3) is 0 Å². The Bertz CT molecular complexity index is 445. The van der Waals surface area contributed by atoms with Crippen molar-refractivity contribution in [2.24, 2.45) is 0 Å². The lowest BCUT2D eigenvalue weighted by Gasteiger charge is -2.24. The quantitative estimate of drug-likeness (QED) is 0.393. The maximum absolute atomic E-state index is 12.3.